The van der Waals surface area contributed by atoms with Crippen molar-refractivity contribution < 1.29 is 14.6 Å². The number of rotatable bonds is 12. The Morgan fingerprint density at radius 2 is 1.82 bits per heavy atom. The van der Waals surface area contributed by atoms with E-state index in [2.05, 4.69) is 44.5 Å². The summed E-state index contributed by atoms with van der Waals surface area (Å²) in [7, 11) is 2.00. The quantitative estimate of drug-likeness (QED) is 0.183. The van der Waals surface area contributed by atoms with Crippen molar-refractivity contribution in [1.82, 2.24) is 14.8 Å². The minimum absolute atomic E-state index is 0.0118. The van der Waals surface area contributed by atoms with Crippen molar-refractivity contribution in [3.63, 3.8) is 0 Å². The van der Waals surface area contributed by atoms with Gasteiger partial charge in [0.1, 0.15) is 18.2 Å². The summed E-state index contributed by atoms with van der Waals surface area (Å²) in [5.41, 5.74) is 5.02. The average Bonchev–Trinajstić information content (AvgIpc) is 3.58. The van der Waals surface area contributed by atoms with Gasteiger partial charge in [0.05, 0.1) is 6.42 Å². The second kappa shape index (κ2) is 12.6. The number of nitrogens with one attached hydrogen (secondary N) is 1. The van der Waals surface area contributed by atoms with Crippen LogP contribution in [0.1, 0.15) is 28.1 Å². The Bertz CT molecular complexity index is 1520. The third-order valence-electron chi connectivity index (χ3n) is 6.14. The highest BCUT2D eigenvalue weighted by Crippen LogP contribution is 2.32. The van der Waals surface area contributed by atoms with Crippen LogP contribution in [-0.2, 0) is 37.8 Å². The smallest absolute Gasteiger partial charge is 0.307 e. The molecule has 2 heterocycles. The Hall–Kier alpha value is -4.08. The van der Waals surface area contributed by atoms with Crippen LogP contribution in [0.3, 0.4) is 0 Å². The van der Waals surface area contributed by atoms with E-state index < -0.39 is 5.97 Å². The highest BCUT2D eigenvalue weighted by atomic mass is 32.2. The molecule has 0 saturated carbocycles. The van der Waals surface area contributed by atoms with Crippen LogP contribution in [0, 0.1) is 0 Å². The second-order valence-electron chi connectivity index (χ2n) is 9.03. The molecule has 0 aliphatic carbocycles. The van der Waals surface area contributed by atoms with Crippen molar-refractivity contribution in [2.45, 2.75) is 36.0 Å². The van der Waals surface area contributed by atoms with Gasteiger partial charge >= 0.3 is 5.97 Å². The van der Waals surface area contributed by atoms with Crippen LogP contribution < -0.4 is 10.1 Å². The number of hydrogen-bond acceptors (Lipinski definition) is 7. The average molecular weight is 557 g/mol. The number of nitrogens with zero attached hydrogens (tertiary/aromatic N) is 3. The molecule has 0 spiro atoms. The maximum atomic E-state index is 11.0. The molecule has 0 amide bonds. The molecule has 39 heavy (non-hydrogen) atoms. The fourth-order valence-corrected chi connectivity index (χ4v) is 5.50. The van der Waals surface area contributed by atoms with Crippen molar-refractivity contribution in [2.24, 2.45) is 7.05 Å². The standard InChI is InChI=1S/C30H28N4O3S2/c1-34-28(15-23-13-14-38-20-23)32-33-30(34)39-26-12-9-24(27(17-26)37-19-22-5-3-2-4-6-22)18-31-25-10-7-21(8-11-25)16-29(35)36/h2-14,17,20,31H,15-16,18-19H2,1H3,(H,35,36). The minimum Gasteiger partial charge on any atom is -0.489 e. The van der Waals surface area contributed by atoms with Gasteiger partial charge in [-0.05, 0) is 69.5 Å². The molecule has 0 unspecified atom stereocenters. The summed E-state index contributed by atoms with van der Waals surface area (Å²) >= 11 is 3.24. The maximum Gasteiger partial charge on any atom is 0.307 e. The van der Waals surface area contributed by atoms with E-state index in [0.717, 1.165) is 50.4 Å². The summed E-state index contributed by atoms with van der Waals surface area (Å²) < 4.78 is 8.34. The van der Waals surface area contributed by atoms with Crippen molar-refractivity contribution in [2.75, 3.05) is 5.32 Å². The lowest BCUT2D eigenvalue weighted by molar-refractivity contribution is -0.136. The molecular weight excluding hydrogens is 528 g/mol. The molecule has 0 aliphatic heterocycles. The number of anilines is 1. The molecule has 0 aliphatic rings. The summed E-state index contributed by atoms with van der Waals surface area (Å²) in [6.45, 7) is 1.02. The first kappa shape index (κ1) is 26.5. The maximum absolute atomic E-state index is 11.0. The Kier molecular flexibility index (Phi) is 8.60. The van der Waals surface area contributed by atoms with Crippen LogP contribution in [0.5, 0.6) is 5.75 Å². The Morgan fingerprint density at radius 1 is 1.00 bits per heavy atom. The van der Waals surface area contributed by atoms with E-state index in [1.165, 1.54) is 5.56 Å². The summed E-state index contributed by atoms with van der Waals surface area (Å²) in [6, 6.07) is 25.8. The van der Waals surface area contributed by atoms with Gasteiger partial charge in [-0.1, -0.05) is 48.5 Å². The molecule has 3 aromatic carbocycles. The van der Waals surface area contributed by atoms with Crippen LogP contribution in [0.2, 0.25) is 0 Å². The number of carboxylic acid groups (broad SMARTS) is 1. The van der Waals surface area contributed by atoms with Gasteiger partial charge < -0.3 is 19.7 Å². The van der Waals surface area contributed by atoms with Crippen LogP contribution >= 0.6 is 23.1 Å². The van der Waals surface area contributed by atoms with Gasteiger partial charge in [-0.15, -0.1) is 10.2 Å². The number of benzene rings is 3. The molecule has 2 aromatic heterocycles. The summed E-state index contributed by atoms with van der Waals surface area (Å²) in [5, 5.41) is 26.3. The van der Waals surface area contributed by atoms with Crippen molar-refractivity contribution in [3.05, 3.63) is 118 Å². The lowest BCUT2D eigenvalue weighted by atomic mass is 10.1. The number of carboxylic acids is 1. The molecule has 5 rings (SSSR count). The fraction of sp³-hybridized carbons (Fsp3) is 0.167. The highest BCUT2D eigenvalue weighted by Gasteiger charge is 2.13. The first-order valence-electron chi connectivity index (χ1n) is 12.4. The number of aliphatic carboxylic acids is 1. The van der Waals surface area contributed by atoms with Crippen molar-refractivity contribution in [3.8, 4) is 5.75 Å². The lowest BCUT2D eigenvalue weighted by Crippen LogP contribution is -2.05. The third-order valence-corrected chi connectivity index (χ3v) is 7.90. The Labute approximate surface area is 235 Å². The number of thiophene rings is 1. The summed E-state index contributed by atoms with van der Waals surface area (Å²) in [6.07, 6.45) is 0.763. The summed E-state index contributed by atoms with van der Waals surface area (Å²) in [4.78, 5) is 12.0. The lowest BCUT2D eigenvalue weighted by Gasteiger charge is -2.15. The van der Waals surface area contributed by atoms with E-state index in [1.54, 1.807) is 23.1 Å². The van der Waals surface area contributed by atoms with E-state index in [-0.39, 0.29) is 6.42 Å². The SMILES string of the molecule is Cn1c(Cc2ccsc2)nnc1Sc1ccc(CNc2ccc(CC(=O)O)cc2)c(OCc2ccccc2)c1. The number of aromatic nitrogens is 3. The van der Waals surface area contributed by atoms with E-state index in [1.807, 2.05) is 72.3 Å². The van der Waals surface area contributed by atoms with E-state index in [9.17, 15) is 4.79 Å². The van der Waals surface area contributed by atoms with Gasteiger partial charge in [0, 0.05) is 36.2 Å². The van der Waals surface area contributed by atoms with Gasteiger partial charge in [0.2, 0.25) is 0 Å². The van der Waals surface area contributed by atoms with Crippen LogP contribution in [0.25, 0.3) is 0 Å². The molecule has 0 fully saturated rings. The second-order valence-corrected chi connectivity index (χ2v) is 10.9. The zero-order chi connectivity index (χ0) is 27.0. The van der Waals surface area contributed by atoms with Crippen molar-refractivity contribution in [1.29, 1.82) is 0 Å². The molecule has 198 valence electrons. The van der Waals surface area contributed by atoms with Crippen LogP contribution in [-0.4, -0.2) is 25.8 Å². The van der Waals surface area contributed by atoms with Crippen LogP contribution in [0.4, 0.5) is 5.69 Å². The zero-order valence-corrected chi connectivity index (χ0v) is 23.0. The number of carbonyl (C=O) groups is 1. The third kappa shape index (κ3) is 7.28. The number of ether oxygens (including phenoxy) is 1. The van der Waals surface area contributed by atoms with Gasteiger partial charge in [-0.2, -0.15) is 11.3 Å². The van der Waals surface area contributed by atoms with E-state index in [0.29, 0.717) is 13.2 Å². The predicted molar refractivity (Wildman–Crippen MR) is 155 cm³/mol. The fourth-order valence-electron chi connectivity index (χ4n) is 4.00. The molecule has 0 saturated heterocycles. The van der Waals surface area contributed by atoms with E-state index in [4.69, 9.17) is 9.84 Å². The van der Waals surface area contributed by atoms with Crippen LogP contribution in [0.15, 0.2) is 99.7 Å². The van der Waals surface area contributed by atoms with Gasteiger partial charge in [-0.3, -0.25) is 4.79 Å². The summed E-state index contributed by atoms with van der Waals surface area (Å²) in [5.74, 6) is 0.875. The molecule has 0 radical (unpaired) electrons. The minimum atomic E-state index is -0.839. The molecule has 0 bridgehead atoms. The molecule has 9 heteroatoms. The van der Waals surface area contributed by atoms with E-state index >= 15 is 0 Å². The zero-order valence-electron chi connectivity index (χ0n) is 21.4. The molecular formula is C30H28N4O3S2. The molecule has 5 aromatic rings. The van der Waals surface area contributed by atoms with Gasteiger partial charge in [-0.25, -0.2) is 0 Å². The van der Waals surface area contributed by atoms with Gasteiger partial charge in [0.15, 0.2) is 5.16 Å². The largest absolute Gasteiger partial charge is 0.489 e. The first-order valence-corrected chi connectivity index (χ1v) is 14.2. The highest BCUT2D eigenvalue weighted by molar-refractivity contribution is 7.99. The molecule has 0 atom stereocenters. The molecule has 2 N–H and O–H groups in total. The predicted octanol–water partition coefficient (Wildman–Crippen LogP) is 6.44. The monoisotopic (exact) mass is 556 g/mol. The van der Waals surface area contributed by atoms with Crippen molar-refractivity contribution >= 4 is 34.8 Å². The molecule has 7 nitrogen and oxygen atoms in total. The topological polar surface area (TPSA) is 89.3 Å². The Morgan fingerprint density at radius 3 is 2.56 bits per heavy atom. The first-order chi connectivity index (χ1) is 19.0. The number of hydrogen-bond donors (Lipinski definition) is 2. The van der Waals surface area contributed by atoms with Gasteiger partial charge in [0.25, 0.3) is 0 Å². The normalized spacial score (nSPS) is 10.9. The Balaban J connectivity index is 1.32.